The van der Waals surface area contributed by atoms with Gasteiger partial charge in [-0.2, -0.15) is 0 Å². The lowest BCUT2D eigenvalue weighted by atomic mass is 9.95. The van der Waals surface area contributed by atoms with Gasteiger partial charge in [-0.05, 0) is 38.8 Å². The molecule has 6 nitrogen and oxygen atoms in total. The summed E-state index contributed by atoms with van der Waals surface area (Å²) in [5.41, 5.74) is 0. The molecule has 2 aliphatic rings. The largest absolute Gasteiger partial charge is 0.322 e. The van der Waals surface area contributed by atoms with Crippen molar-refractivity contribution in [1.29, 1.82) is 0 Å². The zero-order chi connectivity index (χ0) is 13.1. The van der Waals surface area contributed by atoms with Crippen molar-refractivity contribution in [2.75, 3.05) is 19.6 Å². The molecule has 0 aliphatic carbocycles. The average molecular weight is 253 g/mol. The van der Waals surface area contributed by atoms with Crippen LogP contribution in [0.3, 0.4) is 0 Å². The minimum Gasteiger partial charge on any atom is -0.322 e. The van der Waals surface area contributed by atoms with Gasteiger partial charge in [0.2, 0.25) is 17.7 Å². The Hall–Kier alpha value is -1.43. The lowest BCUT2D eigenvalue weighted by Gasteiger charge is -2.33. The Balaban J connectivity index is 1.94. The molecule has 2 fully saturated rings. The van der Waals surface area contributed by atoms with Crippen LogP contribution in [0, 0.1) is 5.92 Å². The van der Waals surface area contributed by atoms with Crippen molar-refractivity contribution in [3.63, 3.8) is 0 Å². The van der Waals surface area contributed by atoms with Crippen LogP contribution >= 0.6 is 0 Å². The second-order valence-corrected chi connectivity index (χ2v) is 5.03. The fourth-order valence-electron chi connectivity index (χ4n) is 2.48. The second kappa shape index (κ2) is 5.48. The van der Waals surface area contributed by atoms with Gasteiger partial charge in [0.15, 0.2) is 0 Å². The predicted octanol–water partition coefficient (Wildman–Crippen LogP) is -0.750. The molecular weight excluding hydrogens is 234 g/mol. The molecule has 100 valence electrons. The smallest absolute Gasteiger partial charge is 0.249 e. The van der Waals surface area contributed by atoms with Crippen molar-refractivity contribution >= 4 is 17.7 Å². The molecule has 2 rings (SSSR count). The van der Waals surface area contributed by atoms with Gasteiger partial charge in [0, 0.05) is 6.42 Å². The fraction of sp³-hybridized carbons (Fsp3) is 0.750. The van der Waals surface area contributed by atoms with Crippen molar-refractivity contribution in [2.24, 2.45) is 5.92 Å². The number of nitrogens with zero attached hydrogens (tertiary/aromatic N) is 1. The summed E-state index contributed by atoms with van der Waals surface area (Å²) in [7, 11) is 0. The summed E-state index contributed by atoms with van der Waals surface area (Å²) in [5, 5.41) is 5.49. The number of piperazine rings is 1. The van der Waals surface area contributed by atoms with Crippen LogP contribution in [0.4, 0.5) is 0 Å². The summed E-state index contributed by atoms with van der Waals surface area (Å²) in [4.78, 5) is 36.3. The first-order valence-electron chi connectivity index (χ1n) is 6.42. The third-order valence-electron chi connectivity index (χ3n) is 3.61. The quantitative estimate of drug-likeness (QED) is 0.635. The molecule has 2 heterocycles. The van der Waals surface area contributed by atoms with Gasteiger partial charge in [0.25, 0.3) is 0 Å². The van der Waals surface area contributed by atoms with Crippen LogP contribution in [0.2, 0.25) is 0 Å². The summed E-state index contributed by atoms with van der Waals surface area (Å²) < 4.78 is 0. The topological polar surface area (TPSA) is 78.5 Å². The molecular formula is C12H19N3O3. The number of imide groups is 1. The molecule has 0 aromatic heterocycles. The van der Waals surface area contributed by atoms with E-state index in [1.165, 1.54) is 4.90 Å². The SMILES string of the molecule is CC1C(=O)NC(=O)CN1C(=O)CC1CCCNC1. The van der Waals surface area contributed by atoms with Gasteiger partial charge >= 0.3 is 0 Å². The van der Waals surface area contributed by atoms with Gasteiger partial charge in [-0.25, -0.2) is 0 Å². The number of amides is 3. The Bertz CT molecular complexity index is 364. The van der Waals surface area contributed by atoms with Crippen LogP contribution < -0.4 is 10.6 Å². The van der Waals surface area contributed by atoms with Crippen molar-refractivity contribution < 1.29 is 14.4 Å². The Kier molecular flexibility index (Phi) is 3.96. The number of hydrogen-bond acceptors (Lipinski definition) is 4. The number of nitrogens with one attached hydrogen (secondary N) is 2. The molecule has 0 bridgehead atoms. The van der Waals surface area contributed by atoms with E-state index in [-0.39, 0.29) is 18.4 Å². The maximum absolute atomic E-state index is 12.1. The van der Waals surface area contributed by atoms with Gasteiger partial charge in [-0.15, -0.1) is 0 Å². The van der Waals surface area contributed by atoms with E-state index < -0.39 is 11.9 Å². The number of rotatable bonds is 2. The number of carbonyl (C=O) groups is 3. The molecule has 0 spiro atoms. The first-order valence-corrected chi connectivity index (χ1v) is 6.42. The highest BCUT2D eigenvalue weighted by molar-refractivity contribution is 6.04. The Morgan fingerprint density at radius 3 is 2.89 bits per heavy atom. The zero-order valence-electron chi connectivity index (χ0n) is 10.6. The molecule has 2 aliphatic heterocycles. The van der Waals surface area contributed by atoms with E-state index in [0.717, 1.165) is 25.9 Å². The summed E-state index contributed by atoms with van der Waals surface area (Å²) in [5.74, 6) is -0.562. The highest BCUT2D eigenvalue weighted by atomic mass is 16.2. The van der Waals surface area contributed by atoms with E-state index >= 15 is 0 Å². The standard InChI is InChI=1S/C12H19N3O3/c1-8-12(18)14-10(16)7-15(8)11(17)5-9-3-2-4-13-6-9/h8-9,13H,2-7H2,1H3,(H,14,16,18). The van der Waals surface area contributed by atoms with Gasteiger partial charge in [0.05, 0.1) is 0 Å². The molecule has 18 heavy (non-hydrogen) atoms. The first-order chi connectivity index (χ1) is 8.58. The maximum atomic E-state index is 12.1. The highest BCUT2D eigenvalue weighted by Crippen LogP contribution is 2.17. The van der Waals surface area contributed by atoms with Crippen LogP contribution in [0.1, 0.15) is 26.2 Å². The van der Waals surface area contributed by atoms with Gasteiger partial charge in [0.1, 0.15) is 12.6 Å². The molecule has 2 atom stereocenters. The molecule has 0 saturated carbocycles. The van der Waals surface area contributed by atoms with Gasteiger partial charge < -0.3 is 10.2 Å². The van der Waals surface area contributed by atoms with Crippen LogP contribution in [-0.4, -0.2) is 48.3 Å². The second-order valence-electron chi connectivity index (χ2n) is 5.03. The van der Waals surface area contributed by atoms with E-state index in [9.17, 15) is 14.4 Å². The summed E-state index contributed by atoms with van der Waals surface area (Å²) >= 11 is 0. The summed E-state index contributed by atoms with van der Waals surface area (Å²) in [6.45, 7) is 3.49. The van der Waals surface area contributed by atoms with Crippen molar-refractivity contribution in [3.05, 3.63) is 0 Å². The third kappa shape index (κ3) is 2.87. The molecule has 0 aromatic carbocycles. The predicted molar refractivity (Wildman–Crippen MR) is 64.5 cm³/mol. The van der Waals surface area contributed by atoms with Crippen molar-refractivity contribution in [2.45, 2.75) is 32.2 Å². The fourth-order valence-corrected chi connectivity index (χ4v) is 2.48. The highest BCUT2D eigenvalue weighted by Gasteiger charge is 2.34. The lowest BCUT2D eigenvalue weighted by molar-refractivity contribution is -0.149. The number of carbonyl (C=O) groups excluding carboxylic acids is 3. The zero-order valence-corrected chi connectivity index (χ0v) is 10.6. The normalized spacial score (nSPS) is 29.1. The van der Waals surface area contributed by atoms with E-state index in [1.807, 2.05) is 0 Å². The van der Waals surface area contributed by atoms with E-state index in [0.29, 0.717) is 12.3 Å². The van der Waals surface area contributed by atoms with Crippen LogP contribution in [0.25, 0.3) is 0 Å². The Labute approximate surface area is 106 Å². The monoisotopic (exact) mass is 253 g/mol. The Morgan fingerprint density at radius 2 is 2.22 bits per heavy atom. The van der Waals surface area contributed by atoms with Crippen LogP contribution in [0.15, 0.2) is 0 Å². The van der Waals surface area contributed by atoms with Gasteiger partial charge in [-0.1, -0.05) is 0 Å². The molecule has 6 heteroatoms. The van der Waals surface area contributed by atoms with E-state index in [4.69, 9.17) is 0 Å². The Morgan fingerprint density at radius 1 is 1.44 bits per heavy atom. The van der Waals surface area contributed by atoms with E-state index in [2.05, 4.69) is 10.6 Å². The summed E-state index contributed by atoms with van der Waals surface area (Å²) in [6.07, 6.45) is 2.52. The molecule has 3 amide bonds. The molecule has 0 radical (unpaired) electrons. The molecule has 2 saturated heterocycles. The lowest BCUT2D eigenvalue weighted by Crippen LogP contribution is -2.58. The van der Waals surface area contributed by atoms with Crippen molar-refractivity contribution in [3.8, 4) is 0 Å². The molecule has 2 unspecified atom stereocenters. The number of hydrogen-bond donors (Lipinski definition) is 2. The molecule has 0 aromatic rings. The average Bonchev–Trinajstić information content (AvgIpc) is 2.35. The maximum Gasteiger partial charge on any atom is 0.249 e. The summed E-state index contributed by atoms with van der Waals surface area (Å²) in [6, 6.07) is -0.549. The third-order valence-corrected chi connectivity index (χ3v) is 3.61. The van der Waals surface area contributed by atoms with Crippen LogP contribution in [0.5, 0.6) is 0 Å². The van der Waals surface area contributed by atoms with E-state index in [1.54, 1.807) is 6.92 Å². The number of piperidine rings is 1. The van der Waals surface area contributed by atoms with Crippen LogP contribution in [-0.2, 0) is 14.4 Å². The molecule has 2 N–H and O–H groups in total. The van der Waals surface area contributed by atoms with Gasteiger partial charge in [-0.3, -0.25) is 19.7 Å². The van der Waals surface area contributed by atoms with Crippen molar-refractivity contribution in [1.82, 2.24) is 15.5 Å². The first kappa shape index (κ1) is 13.0. The minimum absolute atomic E-state index is 0.00805. The minimum atomic E-state index is -0.549.